The van der Waals surface area contributed by atoms with Crippen molar-refractivity contribution in [3.8, 4) is 5.75 Å². The molecule has 4 nitrogen and oxygen atoms in total. The van der Waals surface area contributed by atoms with Crippen LogP contribution in [0.2, 0.25) is 5.02 Å². The van der Waals surface area contributed by atoms with Crippen molar-refractivity contribution in [2.75, 3.05) is 26.7 Å². The highest BCUT2D eigenvalue weighted by molar-refractivity contribution is 6.32. The van der Waals surface area contributed by atoms with Gasteiger partial charge in [-0.2, -0.15) is 0 Å². The minimum absolute atomic E-state index is 0.0639. The largest absolute Gasteiger partial charge is 0.495 e. The van der Waals surface area contributed by atoms with E-state index in [-0.39, 0.29) is 11.9 Å². The average molecular weight is 310 g/mol. The summed E-state index contributed by atoms with van der Waals surface area (Å²) in [6.45, 7) is 2.13. The van der Waals surface area contributed by atoms with E-state index < -0.39 is 0 Å². The molecule has 0 radical (unpaired) electrons. The van der Waals surface area contributed by atoms with E-state index in [0.717, 1.165) is 25.9 Å². The summed E-state index contributed by atoms with van der Waals surface area (Å²) in [4.78, 5) is 14.5. The van der Waals surface area contributed by atoms with E-state index in [4.69, 9.17) is 16.3 Å². The van der Waals surface area contributed by atoms with Crippen molar-refractivity contribution in [1.29, 1.82) is 0 Å². The van der Waals surface area contributed by atoms with Gasteiger partial charge in [-0.05, 0) is 37.0 Å². The molecule has 1 aromatic rings. The molecule has 1 heterocycles. The van der Waals surface area contributed by atoms with Gasteiger partial charge in [-0.15, -0.1) is 0 Å². The van der Waals surface area contributed by atoms with Crippen molar-refractivity contribution in [3.63, 3.8) is 0 Å². The number of rotatable bonds is 4. The van der Waals surface area contributed by atoms with E-state index in [9.17, 15) is 9.90 Å². The van der Waals surface area contributed by atoms with Crippen molar-refractivity contribution in [1.82, 2.24) is 4.90 Å². The molecule has 21 heavy (non-hydrogen) atoms. The Morgan fingerprint density at radius 1 is 1.43 bits per heavy atom. The normalized spacial score (nSPS) is 28.6. The Balaban J connectivity index is 1.63. The number of carbonyl (C=O) groups excluding carboxylic acids is 1. The van der Waals surface area contributed by atoms with Crippen molar-refractivity contribution in [2.24, 2.45) is 11.8 Å². The summed E-state index contributed by atoms with van der Waals surface area (Å²) >= 11 is 6.06. The van der Waals surface area contributed by atoms with Crippen molar-refractivity contribution < 1.29 is 14.6 Å². The van der Waals surface area contributed by atoms with Gasteiger partial charge in [0.2, 0.25) is 0 Å². The number of benzene rings is 1. The summed E-state index contributed by atoms with van der Waals surface area (Å²) in [6, 6.07) is 5.13. The van der Waals surface area contributed by atoms with Crippen molar-refractivity contribution in [2.45, 2.75) is 18.9 Å². The molecular formula is C16H20ClNO3. The van der Waals surface area contributed by atoms with Crippen LogP contribution in [-0.4, -0.2) is 48.6 Å². The van der Waals surface area contributed by atoms with Crippen LogP contribution >= 0.6 is 11.6 Å². The lowest BCUT2D eigenvalue weighted by Crippen LogP contribution is -2.30. The monoisotopic (exact) mass is 309 g/mol. The summed E-state index contributed by atoms with van der Waals surface area (Å²) in [5.74, 6) is 1.53. The Bertz CT molecular complexity index is 548. The maximum atomic E-state index is 12.4. The summed E-state index contributed by atoms with van der Waals surface area (Å²) < 4.78 is 5.09. The number of methoxy groups -OCH3 is 1. The molecule has 1 aromatic carbocycles. The van der Waals surface area contributed by atoms with Gasteiger partial charge in [0.15, 0.2) is 5.78 Å². The number of ketones is 1. The number of nitrogens with zero attached hydrogens (tertiary/aromatic N) is 1. The summed E-state index contributed by atoms with van der Waals surface area (Å²) in [5.41, 5.74) is 0.610. The van der Waals surface area contributed by atoms with E-state index in [1.54, 1.807) is 25.3 Å². The number of likely N-dealkylation sites (tertiary alicyclic amines) is 1. The SMILES string of the molecule is COc1ccc(C(=O)CN2CC3CCC(O)C3C2)cc1Cl. The molecule has 3 atom stereocenters. The second-order valence-electron chi connectivity index (χ2n) is 6.04. The zero-order valence-electron chi connectivity index (χ0n) is 12.1. The molecule has 2 fully saturated rings. The van der Waals surface area contributed by atoms with E-state index >= 15 is 0 Å². The number of aliphatic hydroxyl groups is 1. The second kappa shape index (κ2) is 5.95. The van der Waals surface area contributed by atoms with E-state index in [0.29, 0.717) is 34.7 Å². The minimum Gasteiger partial charge on any atom is -0.495 e. The molecule has 114 valence electrons. The third-order valence-electron chi connectivity index (χ3n) is 4.74. The molecule has 3 rings (SSSR count). The molecule has 0 spiro atoms. The van der Waals surface area contributed by atoms with Gasteiger partial charge in [-0.3, -0.25) is 9.69 Å². The van der Waals surface area contributed by atoms with E-state index in [1.165, 1.54) is 0 Å². The average Bonchev–Trinajstić information content (AvgIpc) is 3.01. The van der Waals surface area contributed by atoms with Crippen LogP contribution in [0.5, 0.6) is 5.75 Å². The molecular weight excluding hydrogens is 290 g/mol. The predicted octanol–water partition coefficient (Wildman–Crippen LogP) is 2.23. The Morgan fingerprint density at radius 3 is 2.90 bits per heavy atom. The van der Waals surface area contributed by atoms with Crippen LogP contribution in [0, 0.1) is 11.8 Å². The Kier molecular flexibility index (Phi) is 4.20. The molecule has 0 aromatic heterocycles. The smallest absolute Gasteiger partial charge is 0.176 e. The molecule has 0 amide bonds. The lowest BCUT2D eigenvalue weighted by atomic mass is 10.00. The fourth-order valence-corrected chi connectivity index (χ4v) is 3.85. The van der Waals surface area contributed by atoms with Crippen LogP contribution in [0.15, 0.2) is 18.2 Å². The molecule has 1 saturated carbocycles. The lowest BCUT2D eigenvalue weighted by molar-refractivity contribution is 0.0919. The fourth-order valence-electron chi connectivity index (χ4n) is 3.59. The maximum Gasteiger partial charge on any atom is 0.176 e. The van der Waals surface area contributed by atoms with Gasteiger partial charge < -0.3 is 9.84 Å². The number of fused-ring (bicyclic) bond motifs is 1. The number of hydrogen-bond acceptors (Lipinski definition) is 4. The minimum atomic E-state index is -0.189. The van der Waals surface area contributed by atoms with Crippen LogP contribution < -0.4 is 4.74 Å². The zero-order valence-corrected chi connectivity index (χ0v) is 12.8. The summed E-state index contributed by atoms with van der Waals surface area (Å²) in [5, 5.41) is 10.4. The first-order valence-corrected chi connectivity index (χ1v) is 7.73. The molecule has 2 aliphatic rings. The number of aliphatic hydroxyl groups excluding tert-OH is 1. The predicted molar refractivity (Wildman–Crippen MR) is 81.0 cm³/mol. The topological polar surface area (TPSA) is 49.8 Å². The van der Waals surface area contributed by atoms with Gasteiger partial charge in [0.1, 0.15) is 5.75 Å². The Morgan fingerprint density at radius 2 is 2.24 bits per heavy atom. The van der Waals surface area contributed by atoms with E-state index in [2.05, 4.69) is 4.90 Å². The van der Waals surface area contributed by atoms with Crippen LogP contribution in [-0.2, 0) is 0 Å². The van der Waals surface area contributed by atoms with Crippen molar-refractivity contribution >= 4 is 17.4 Å². The highest BCUT2D eigenvalue weighted by Crippen LogP contribution is 2.38. The van der Waals surface area contributed by atoms with Crippen molar-refractivity contribution in [3.05, 3.63) is 28.8 Å². The maximum absolute atomic E-state index is 12.4. The fraction of sp³-hybridized carbons (Fsp3) is 0.562. The first-order valence-electron chi connectivity index (χ1n) is 7.35. The zero-order chi connectivity index (χ0) is 15.0. The van der Waals surface area contributed by atoms with Gasteiger partial charge in [0.25, 0.3) is 0 Å². The number of ether oxygens (including phenoxy) is 1. The summed E-state index contributed by atoms with van der Waals surface area (Å²) in [7, 11) is 1.55. The van der Waals surface area contributed by atoms with Crippen LogP contribution in [0.1, 0.15) is 23.2 Å². The molecule has 3 unspecified atom stereocenters. The van der Waals surface area contributed by atoms with Crippen LogP contribution in [0.3, 0.4) is 0 Å². The van der Waals surface area contributed by atoms with Gasteiger partial charge in [-0.1, -0.05) is 11.6 Å². The Labute approximate surface area is 129 Å². The highest BCUT2D eigenvalue weighted by atomic mass is 35.5. The molecule has 5 heteroatoms. The third-order valence-corrected chi connectivity index (χ3v) is 5.03. The van der Waals surface area contributed by atoms with E-state index in [1.807, 2.05) is 0 Å². The van der Waals surface area contributed by atoms with Gasteiger partial charge in [0, 0.05) is 24.6 Å². The number of Topliss-reactive ketones (excluding diaryl/α,β-unsaturated/α-hetero) is 1. The first kappa shape index (κ1) is 14.8. The molecule has 1 N–H and O–H groups in total. The first-order chi connectivity index (χ1) is 10.1. The van der Waals surface area contributed by atoms with Gasteiger partial charge >= 0.3 is 0 Å². The highest BCUT2D eigenvalue weighted by Gasteiger charge is 2.42. The molecule has 0 bridgehead atoms. The third kappa shape index (κ3) is 2.93. The van der Waals surface area contributed by atoms with Gasteiger partial charge in [-0.25, -0.2) is 0 Å². The summed E-state index contributed by atoms with van der Waals surface area (Å²) in [6.07, 6.45) is 1.79. The van der Waals surface area contributed by atoms with Crippen LogP contribution in [0.25, 0.3) is 0 Å². The second-order valence-corrected chi connectivity index (χ2v) is 6.44. The number of carbonyl (C=O) groups is 1. The van der Waals surface area contributed by atoms with Crippen LogP contribution in [0.4, 0.5) is 0 Å². The molecule has 1 saturated heterocycles. The lowest BCUT2D eigenvalue weighted by Gasteiger charge is -2.17. The number of hydrogen-bond donors (Lipinski definition) is 1. The van der Waals surface area contributed by atoms with Gasteiger partial charge in [0.05, 0.1) is 24.8 Å². The number of halogens is 1. The quantitative estimate of drug-likeness (QED) is 0.867. The molecule has 1 aliphatic heterocycles. The Hall–Kier alpha value is -1.10. The molecule has 1 aliphatic carbocycles. The standard InChI is InChI=1S/C16H20ClNO3/c1-21-16-5-3-10(6-13(16)17)15(20)9-18-7-11-2-4-14(19)12(11)8-18/h3,5-6,11-12,14,19H,2,4,7-9H2,1H3.